The Morgan fingerprint density at radius 1 is 1.00 bits per heavy atom. The fourth-order valence-corrected chi connectivity index (χ4v) is 2.67. The molecule has 0 amide bonds. The van der Waals surface area contributed by atoms with E-state index in [-0.39, 0.29) is 6.61 Å². The monoisotopic (exact) mass is 295 g/mol. The number of hydrogen-bond acceptors (Lipinski definition) is 4. The number of hydrogen-bond donors (Lipinski definition) is 0. The minimum atomic E-state index is -0.391. The Labute approximate surface area is 126 Å². The van der Waals surface area contributed by atoms with Crippen molar-refractivity contribution in [2.45, 2.75) is 6.61 Å². The van der Waals surface area contributed by atoms with Gasteiger partial charge < -0.3 is 4.74 Å². The van der Waals surface area contributed by atoms with E-state index < -0.39 is 5.97 Å². The molecular formula is C17H13NO2S. The van der Waals surface area contributed by atoms with E-state index in [9.17, 15) is 4.79 Å². The van der Waals surface area contributed by atoms with Gasteiger partial charge in [-0.25, -0.2) is 9.78 Å². The summed E-state index contributed by atoms with van der Waals surface area (Å²) in [6.07, 6.45) is 0. The fraction of sp³-hybridized carbons (Fsp3) is 0.0588. The van der Waals surface area contributed by atoms with E-state index in [1.54, 1.807) is 5.38 Å². The normalized spacial score (nSPS) is 10.3. The van der Waals surface area contributed by atoms with Gasteiger partial charge >= 0.3 is 5.97 Å². The first-order valence-corrected chi connectivity index (χ1v) is 7.43. The molecule has 104 valence electrons. The summed E-state index contributed by atoms with van der Waals surface area (Å²) < 4.78 is 5.27. The molecular weight excluding hydrogens is 282 g/mol. The molecule has 3 rings (SSSR count). The number of benzene rings is 2. The fourth-order valence-electron chi connectivity index (χ4n) is 1.88. The molecule has 0 atom stereocenters. The molecule has 0 bridgehead atoms. The second-order valence-corrected chi connectivity index (χ2v) is 5.32. The Bertz CT molecular complexity index is 723. The van der Waals surface area contributed by atoms with Crippen LogP contribution in [0.2, 0.25) is 0 Å². The van der Waals surface area contributed by atoms with Crippen LogP contribution >= 0.6 is 11.3 Å². The Hall–Kier alpha value is -2.46. The Balaban J connectivity index is 1.67. The first-order chi connectivity index (χ1) is 10.3. The first kappa shape index (κ1) is 13.5. The molecule has 0 spiro atoms. The summed E-state index contributed by atoms with van der Waals surface area (Å²) in [4.78, 5) is 16.3. The van der Waals surface area contributed by atoms with Crippen molar-refractivity contribution in [1.82, 2.24) is 4.98 Å². The highest BCUT2D eigenvalue weighted by Crippen LogP contribution is 2.23. The van der Waals surface area contributed by atoms with Crippen LogP contribution in [0.5, 0.6) is 0 Å². The first-order valence-electron chi connectivity index (χ1n) is 6.55. The summed E-state index contributed by atoms with van der Waals surface area (Å²) in [5, 5.41) is 2.55. The molecule has 21 heavy (non-hydrogen) atoms. The Morgan fingerprint density at radius 3 is 2.38 bits per heavy atom. The van der Waals surface area contributed by atoms with E-state index in [0.29, 0.717) is 5.69 Å². The van der Waals surface area contributed by atoms with Gasteiger partial charge in [-0.1, -0.05) is 60.7 Å². The van der Waals surface area contributed by atoms with Crippen molar-refractivity contribution in [1.29, 1.82) is 0 Å². The van der Waals surface area contributed by atoms with Gasteiger partial charge in [0.2, 0.25) is 0 Å². The van der Waals surface area contributed by atoms with E-state index in [1.807, 2.05) is 60.7 Å². The zero-order valence-electron chi connectivity index (χ0n) is 11.2. The number of carbonyl (C=O) groups excluding carboxylic acids is 1. The predicted octanol–water partition coefficient (Wildman–Crippen LogP) is 4.17. The Kier molecular flexibility index (Phi) is 4.07. The lowest BCUT2D eigenvalue weighted by Crippen LogP contribution is -2.05. The zero-order valence-corrected chi connectivity index (χ0v) is 12.0. The summed E-state index contributed by atoms with van der Waals surface area (Å²) in [6.45, 7) is 0.262. The molecule has 0 saturated carbocycles. The van der Waals surface area contributed by atoms with Crippen LogP contribution < -0.4 is 0 Å². The molecule has 0 fully saturated rings. The number of nitrogens with zero attached hydrogens (tertiary/aromatic N) is 1. The van der Waals surface area contributed by atoms with Gasteiger partial charge in [0.15, 0.2) is 5.69 Å². The highest BCUT2D eigenvalue weighted by molar-refractivity contribution is 7.13. The van der Waals surface area contributed by atoms with Crippen molar-refractivity contribution in [3.8, 4) is 10.6 Å². The molecule has 0 aliphatic rings. The number of ether oxygens (including phenoxy) is 1. The second kappa shape index (κ2) is 6.33. The number of thiazole rings is 1. The van der Waals surface area contributed by atoms with Crippen LogP contribution in [0.15, 0.2) is 66.0 Å². The van der Waals surface area contributed by atoms with Crippen LogP contribution in [-0.2, 0) is 11.3 Å². The summed E-state index contributed by atoms with van der Waals surface area (Å²) >= 11 is 1.44. The standard InChI is InChI=1S/C17H13NO2S/c19-17(20-11-13-7-3-1-4-8-13)15-12-21-16(18-15)14-9-5-2-6-10-14/h1-10,12H,11H2. The largest absolute Gasteiger partial charge is 0.456 e. The van der Waals surface area contributed by atoms with E-state index in [1.165, 1.54) is 11.3 Å². The van der Waals surface area contributed by atoms with Crippen LogP contribution in [-0.4, -0.2) is 11.0 Å². The number of rotatable bonds is 4. The third-order valence-corrected chi connectivity index (χ3v) is 3.84. The van der Waals surface area contributed by atoms with Crippen molar-refractivity contribution < 1.29 is 9.53 Å². The molecule has 4 heteroatoms. The smallest absolute Gasteiger partial charge is 0.358 e. The van der Waals surface area contributed by atoms with Crippen LogP contribution in [0.1, 0.15) is 16.1 Å². The lowest BCUT2D eigenvalue weighted by Gasteiger charge is -2.02. The van der Waals surface area contributed by atoms with Gasteiger partial charge in [0.05, 0.1) is 0 Å². The van der Waals surface area contributed by atoms with Crippen LogP contribution in [0.25, 0.3) is 10.6 Å². The Morgan fingerprint density at radius 2 is 1.67 bits per heavy atom. The van der Waals surface area contributed by atoms with Crippen molar-refractivity contribution in [3.63, 3.8) is 0 Å². The molecule has 0 N–H and O–H groups in total. The second-order valence-electron chi connectivity index (χ2n) is 4.47. The third kappa shape index (κ3) is 3.35. The number of esters is 1. The van der Waals surface area contributed by atoms with Gasteiger partial charge in [-0.15, -0.1) is 11.3 Å². The van der Waals surface area contributed by atoms with Gasteiger partial charge in [-0.05, 0) is 5.56 Å². The molecule has 3 nitrogen and oxygen atoms in total. The van der Waals surface area contributed by atoms with E-state index in [2.05, 4.69) is 4.98 Å². The third-order valence-electron chi connectivity index (χ3n) is 2.95. The van der Waals surface area contributed by atoms with E-state index in [0.717, 1.165) is 16.1 Å². The van der Waals surface area contributed by atoms with Crippen molar-refractivity contribution >= 4 is 17.3 Å². The summed E-state index contributed by atoms with van der Waals surface area (Å²) in [7, 11) is 0. The SMILES string of the molecule is O=C(OCc1ccccc1)c1csc(-c2ccccc2)n1. The van der Waals surface area contributed by atoms with Gasteiger partial charge in [0.25, 0.3) is 0 Å². The topological polar surface area (TPSA) is 39.2 Å². The maximum absolute atomic E-state index is 12.0. The number of aromatic nitrogens is 1. The van der Waals surface area contributed by atoms with Gasteiger partial charge in [0, 0.05) is 10.9 Å². The van der Waals surface area contributed by atoms with E-state index >= 15 is 0 Å². The maximum Gasteiger partial charge on any atom is 0.358 e. The average molecular weight is 295 g/mol. The van der Waals surface area contributed by atoms with Crippen LogP contribution in [0.3, 0.4) is 0 Å². The highest BCUT2D eigenvalue weighted by Gasteiger charge is 2.13. The molecule has 0 saturated heterocycles. The van der Waals surface area contributed by atoms with Gasteiger partial charge in [-0.2, -0.15) is 0 Å². The van der Waals surface area contributed by atoms with Crippen LogP contribution in [0, 0.1) is 0 Å². The molecule has 1 aromatic heterocycles. The minimum Gasteiger partial charge on any atom is -0.456 e. The van der Waals surface area contributed by atoms with Gasteiger partial charge in [-0.3, -0.25) is 0 Å². The molecule has 3 aromatic rings. The molecule has 2 aromatic carbocycles. The van der Waals surface area contributed by atoms with Gasteiger partial charge in [0.1, 0.15) is 11.6 Å². The summed E-state index contributed by atoms with van der Waals surface area (Å²) in [5.74, 6) is -0.391. The highest BCUT2D eigenvalue weighted by atomic mass is 32.1. The summed E-state index contributed by atoms with van der Waals surface area (Å²) in [6, 6.07) is 19.4. The maximum atomic E-state index is 12.0. The lowest BCUT2D eigenvalue weighted by atomic mass is 10.2. The molecule has 0 aliphatic carbocycles. The van der Waals surface area contributed by atoms with Crippen molar-refractivity contribution in [2.24, 2.45) is 0 Å². The minimum absolute atomic E-state index is 0.262. The lowest BCUT2D eigenvalue weighted by molar-refractivity contribution is 0.0467. The van der Waals surface area contributed by atoms with Crippen LogP contribution in [0.4, 0.5) is 0 Å². The number of carbonyl (C=O) groups is 1. The predicted molar refractivity (Wildman–Crippen MR) is 83.1 cm³/mol. The summed E-state index contributed by atoms with van der Waals surface area (Å²) in [5.41, 5.74) is 2.32. The zero-order chi connectivity index (χ0) is 14.5. The van der Waals surface area contributed by atoms with Crippen molar-refractivity contribution in [3.05, 3.63) is 77.3 Å². The van der Waals surface area contributed by atoms with Crippen molar-refractivity contribution in [2.75, 3.05) is 0 Å². The average Bonchev–Trinajstić information content (AvgIpc) is 3.04. The molecule has 1 heterocycles. The van der Waals surface area contributed by atoms with E-state index in [4.69, 9.17) is 4.74 Å². The quantitative estimate of drug-likeness (QED) is 0.678. The molecule has 0 aliphatic heterocycles. The molecule has 0 radical (unpaired) electrons. The molecule has 0 unspecified atom stereocenters.